The Bertz CT molecular complexity index is 639. The summed E-state index contributed by atoms with van der Waals surface area (Å²) in [6, 6.07) is 4.33. The van der Waals surface area contributed by atoms with Gasteiger partial charge in [0, 0.05) is 29.8 Å². The van der Waals surface area contributed by atoms with Crippen LogP contribution < -0.4 is 5.32 Å². The largest absolute Gasteiger partial charge is 0.345 e. The molecular weight excluding hydrogens is 294 g/mol. The van der Waals surface area contributed by atoms with Gasteiger partial charge in [-0.25, -0.2) is 0 Å². The van der Waals surface area contributed by atoms with E-state index < -0.39 is 0 Å². The number of hydrogen-bond acceptors (Lipinski definition) is 3. The third-order valence-electron chi connectivity index (χ3n) is 4.17. The van der Waals surface area contributed by atoms with Gasteiger partial charge >= 0.3 is 0 Å². The smallest absolute Gasteiger partial charge is 0.244 e. The Morgan fingerprint density at radius 2 is 2.32 bits per heavy atom. The van der Waals surface area contributed by atoms with Gasteiger partial charge in [-0.1, -0.05) is 18.9 Å². The molecule has 1 fully saturated rings. The van der Waals surface area contributed by atoms with Crippen LogP contribution in [0, 0.1) is 5.92 Å². The van der Waals surface area contributed by atoms with Crippen LogP contribution in [0.1, 0.15) is 42.2 Å². The van der Waals surface area contributed by atoms with E-state index in [1.807, 2.05) is 19.3 Å². The average Bonchev–Trinajstić information content (AvgIpc) is 3.25. The highest BCUT2D eigenvalue weighted by Gasteiger charge is 2.27. The Morgan fingerprint density at radius 1 is 1.50 bits per heavy atom. The van der Waals surface area contributed by atoms with Crippen LogP contribution in [0.2, 0.25) is 0 Å². The van der Waals surface area contributed by atoms with E-state index in [0.29, 0.717) is 5.92 Å². The third-order valence-corrected chi connectivity index (χ3v) is 5.13. The molecule has 0 spiro atoms. The van der Waals surface area contributed by atoms with Gasteiger partial charge in [0.25, 0.3) is 0 Å². The molecule has 3 rings (SSSR count). The summed E-state index contributed by atoms with van der Waals surface area (Å²) in [6.45, 7) is 0. The molecule has 116 valence electrons. The Labute approximate surface area is 134 Å². The molecule has 0 aromatic carbocycles. The maximum atomic E-state index is 12.3. The lowest BCUT2D eigenvalue weighted by atomic mass is 9.96. The lowest BCUT2D eigenvalue weighted by Gasteiger charge is -2.23. The molecule has 0 unspecified atom stereocenters. The van der Waals surface area contributed by atoms with Gasteiger partial charge in [0.1, 0.15) is 0 Å². The van der Waals surface area contributed by atoms with Crippen molar-refractivity contribution in [2.45, 2.75) is 31.7 Å². The highest BCUT2D eigenvalue weighted by molar-refractivity contribution is 7.10. The van der Waals surface area contributed by atoms with Gasteiger partial charge in [0.05, 0.1) is 12.2 Å². The molecule has 1 aliphatic carbocycles. The van der Waals surface area contributed by atoms with Crippen molar-refractivity contribution < 1.29 is 4.79 Å². The van der Waals surface area contributed by atoms with Crippen LogP contribution in [-0.2, 0) is 11.8 Å². The van der Waals surface area contributed by atoms with Gasteiger partial charge in [0.2, 0.25) is 5.91 Å². The second-order valence-corrected chi connectivity index (χ2v) is 6.81. The fourth-order valence-corrected chi connectivity index (χ4v) is 3.95. The minimum absolute atomic E-state index is 0.0332. The second kappa shape index (κ2) is 6.92. The van der Waals surface area contributed by atoms with Crippen LogP contribution in [0.4, 0.5) is 0 Å². The fraction of sp³-hybridized carbons (Fsp3) is 0.412. The number of hydrogen-bond donors (Lipinski definition) is 1. The summed E-state index contributed by atoms with van der Waals surface area (Å²) in [6.07, 6.45) is 12.0. The molecule has 1 amide bonds. The maximum Gasteiger partial charge on any atom is 0.244 e. The third kappa shape index (κ3) is 3.65. The first-order valence-electron chi connectivity index (χ1n) is 7.73. The molecule has 1 atom stereocenters. The molecule has 4 nitrogen and oxygen atoms in total. The van der Waals surface area contributed by atoms with Crippen LogP contribution in [-0.4, -0.2) is 15.7 Å². The quantitative estimate of drug-likeness (QED) is 0.858. The zero-order valence-electron chi connectivity index (χ0n) is 12.7. The van der Waals surface area contributed by atoms with Gasteiger partial charge in [0.15, 0.2) is 0 Å². The van der Waals surface area contributed by atoms with Crippen molar-refractivity contribution in [3.05, 3.63) is 46.4 Å². The number of thiophene rings is 1. The topological polar surface area (TPSA) is 46.9 Å². The summed E-state index contributed by atoms with van der Waals surface area (Å²) in [4.78, 5) is 13.5. The van der Waals surface area contributed by atoms with E-state index in [-0.39, 0.29) is 11.9 Å². The molecule has 0 bridgehead atoms. The van der Waals surface area contributed by atoms with Gasteiger partial charge < -0.3 is 5.32 Å². The monoisotopic (exact) mass is 315 g/mol. The average molecular weight is 315 g/mol. The van der Waals surface area contributed by atoms with Gasteiger partial charge in [-0.2, -0.15) is 5.10 Å². The van der Waals surface area contributed by atoms with E-state index in [2.05, 4.69) is 27.9 Å². The van der Waals surface area contributed by atoms with Crippen molar-refractivity contribution >= 4 is 23.3 Å². The molecule has 5 heteroatoms. The van der Waals surface area contributed by atoms with Crippen molar-refractivity contribution in [2.75, 3.05) is 0 Å². The highest BCUT2D eigenvalue weighted by atomic mass is 32.1. The van der Waals surface area contributed by atoms with Crippen LogP contribution in [0.5, 0.6) is 0 Å². The Kier molecular flexibility index (Phi) is 4.73. The first-order chi connectivity index (χ1) is 10.7. The molecule has 1 N–H and O–H groups in total. The van der Waals surface area contributed by atoms with Crippen molar-refractivity contribution in [1.82, 2.24) is 15.1 Å². The standard InChI is InChI=1S/C17H21N3OS/c1-20-12-13(11-18-20)8-9-16(21)19-17(14-5-2-3-6-14)15-7-4-10-22-15/h4,7-12,14,17H,2-3,5-6H2,1H3,(H,19,21)/b9-8+/t17-/m1/s1. The van der Waals surface area contributed by atoms with Crippen molar-refractivity contribution in [3.63, 3.8) is 0 Å². The summed E-state index contributed by atoms with van der Waals surface area (Å²) in [7, 11) is 1.87. The first kappa shape index (κ1) is 15.0. The normalized spacial score (nSPS) is 17.1. The van der Waals surface area contributed by atoms with Crippen molar-refractivity contribution in [2.24, 2.45) is 13.0 Å². The van der Waals surface area contributed by atoms with E-state index >= 15 is 0 Å². The number of carbonyl (C=O) groups excluding carboxylic acids is 1. The predicted molar refractivity (Wildman–Crippen MR) is 89.4 cm³/mol. The molecule has 0 aliphatic heterocycles. The van der Waals surface area contributed by atoms with Crippen LogP contribution in [0.3, 0.4) is 0 Å². The summed E-state index contributed by atoms with van der Waals surface area (Å²) in [5.74, 6) is 0.531. The first-order valence-corrected chi connectivity index (χ1v) is 8.61. The van der Waals surface area contributed by atoms with E-state index in [1.54, 1.807) is 28.3 Å². The predicted octanol–water partition coefficient (Wildman–Crippen LogP) is 3.54. The zero-order chi connectivity index (χ0) is 15.4. The van der Waals surface area contributed by atoms with Crippen LogP contribution in [0.15, 0.2) is 36.0 Å². The van der Waals surface area contributed by atoms with Crippen LogP contribution in [0.25, 0.3) is 6.08 Å². The van der Waals surface area contributed by atoms with E-state index in [9.17, 15) is 4.79 Å². The van der Waals surface area contributed by atoms with E-state index in [4.69, 9.17) is 0 Å². The summed E-state index contributed by atoms with van der Waals surface area (Å²) < 4.78 is 1.73. The van der Waals surface area contributed by atoms with E-state index in [1.165, 1.54) is 30.6 Å². The second-order valence-electron chi connectivity index (χ2n) is 5.83. The van der Waals surface area contributed by atoms with Crippen LogP contribution >= 0.6 is 11.3 Å². The number of nitrogens with zero attached hydrogens (tertiary/aromatic N) is 2. The van der Waals surface area contributed by atoms with Crippen molar-refractivity contribution in [3.8, 4) is 0 Å². The summed E-state index contributed by atoms with van der Waals surface area (Å²) in [5.41, 5.74) is 0.936. The summed E-state index contributed by atoms with van der Waals surface area (Å²) >= 11 is 1.73. The van der Waals surface area contributed by atoms with Gasteiger partial charge in [-0.15, -0.1) is 11.3 Å². The number of nitrogens with one attached hydrogen (secondary N) is 1. The molecule has 2 aromatic heterocycles. The molecule has 0 radical (unpaired) electrons. The number of amides is 1. The Balaban J connectivity index is 1.67. The molecule has 1 aliphatic rings. The minimum Gasteiger partial charge on any atom is -0.345 e. The number of carbonyl (C=O) groups is 1. The number of aryl methyl sites for hydroxylation is 1. The van der Waals surface area contributed by atoms with E-state index in [0.717, 1.165) is 5.56 Å². The molecule has 2 aromatic rings. The zero-order valence-corrected chi connectivity index (χ0v) is 13.6. The van der Waals surface area contributed by atoms with Gasteiger partial charge in [-0.05, 0) is 36.3 Å². The minimum atomic E-state index is -0.0332. The molecule has 0 saturated heterocycles. The number of aromatic nitrogens is 2. The van der Waals surface area contributed by atoms with Gasteiger partial charge in [-0.3, -0.25) is 9.48 Å². The number of rotatable bonds is 5. The molecular formula is C17H21N3OS. The molecule has 1 saturated carbocycles. The highest BCUT2D eigenvalue weighted by Crippen LogP contribution is 2.37. The molecule has 2 heterocycles. The fourth-order valence-electron chi connectivity index (χ4n) is 3.08. The Hall–Kier alpha value is -1.88. The lowest BCUT2D eigenvalue weighted by molar-refractivity contribution is -0.117. The molecule has 22 heavy (non-hydrogen) atoms. The van der Waals surface area contributed by atoms with Crippen molar-refractivity contribution in [1.29, 1.82) is 0 Å². The SMILES string of the molecule is Cn1cc(/C=C/C(=O)N[C@@H](c2cccs2)C2CCCC2)cn1. The Morgan fingerprint density at radius 3 is 2.95 bits per heavy atom. The summed E-state index contributed by atoms with van der Waals surface area (Å²) in [5, 5.41) is 9.37. The lowest BCUT2D eigenvalue weighted by Crippen LogP contribution is -2.30. The maximum absolute atomic E-state index is 12.3.